The molecule has 4 rings (SSSR count). The van der Waals surface area contributed by atoms with Crippen LogP contribution in [0.5, 0.6) is 5.75 Å². The molecule has 1 aliphatic rings. The monoisotopic (exact) mass is 393 g/mol. The van der Waals surface area contributed by atoms with Crippen LogP contribution in [0.3, 0.4) is 0 Å². The smallest absolute Gasteiger partial charge is 0.257 e. The van der Waals surface area contributed by atoms with Gasteiger partial charge in [-0.2, -0.15) is 0 Å². The van der Waals surface area contributed by atoms with Gasteiger partial charge in [-0.05, 0) is 55.1 Å². The molecule has 1 aromatic heterocycles. The molecule has 1 fully saturated rings. The number of amides is 1. The summed E-state index contributed by atoms with van der Waals surface area (Å²) in [5.41, 5.74) is 8.19. The van der Waals surface area contributed by atoms with Crippen LogP contribution < -0.4 is 10.5 Å². The number of hydrogen-bond donors (Lipinski definition) is 1. The van der Waals surface area contributed by atoms with Gasteiger partial charge in [-0.25, -0.2) is 0 Å². The van der Waals surface area contributed by atoms with Gasteiger partial charge < -0.3 is 19.9 Å². The van der Waals surface area contributed by atoms with Gasteiger partial charge in [0, 0.05) is 13.1 Å². The lowest BCUT2D eigenvalue weighted by atomic mass is 9.90. The van der Waals surface area contributed by atoms with Crippen LogP contribution in [0.2, 0.25) is 0 Å². The lowest BCUT2D eigenvalue weighted by Gasteiger charge is -2.23. The quantitative estimate of drug-likeness (QED) is 0.712. The van der Waals surface area contributed by atoms with Gasteiger partial charge in [0.15, 0.2) is 0 Å². The summed E-state index contributed by atoms with van der Waals surface area (Å²) in [4.78, 5) is 15.3. The highest BCUT2D eigenvalue weighted by Crippen LogP contribution is 2.33. The molecule has 1 saturated heterocycles. The zero-order chi connectivity index (χ0) is 20.6. The zero-order valence-corrected chi connectivity index (χ0v) is 17.2. The maximum absolute atomic E-state index is 13.4. The minimum Gasteiger partial charge on any atom is -0.488 e. The van der Waals surface area contributed by atoms with Gasteiger partial charge in [0.25, 0.3) is 5.91 Å². The molecule has 1 amide bonds. The minimum absolute atomic E-state index is 0.0123. The van der Waals surface area contributed by atoms with E-state index in [1.165, 1.54) is 0 Å². The van der Waals surface area contributed by atoms with Crippen LogP contribution in [-0.2, 0) is 6.61 Å². The lowest BCUT2D eigenvalue weighted by Crippen LogP contribution is -2.34. The Morgan fingerprint density at radius 3 is 2.62 bits per heavy atom. The largest absolute Gasteiger partial charge is 0.488 e. The number of nitrogens with two attached hydrogens (primary N) is 1. The molecule has 1 unspecified atom stereocenters. The van der Waals surface area contributed by atoms with E-state index < -0.39 is 0 Å². The summed E-state index contributed by atoms with van der Waals surface area (Å²) in [5, 5.41) is 6.03. The summed E-state index contributed by atoms with van der Waals surface area (Å²) in [6, 6.07) is 11.9. The van der Waals surface area contributed by atoms with Gasteiger partial charge in [-0.15, -0.1) is 0 Å². The first-order valence-electron chi connectivity index (χ1n) is 9.97. The molecular weight excluding hydrogens is 366 g/mol. The fourth-order valence-corrected chi connectivity index (χ4v) is 3.90. The predicted octanol–water partition coefficient (Wildman–Crippen LogP) is 3.83. The van der Waals surface area contributed by atoms with Crippen LogP contribution in [0.4, 0.5) is 0 Å². The number of nitrogens with zero attached hydrogens (tertiary/aromatic N) is 2. The van der Waals surface area contributed by atoms with Crippen molar-refractivity contribution >= 4 is 16.7 Å². The van der Waals surface area contributed by atoms with Gasteiger partial charge in [0.1, 0.15) is 18.1 Å². The molecule has 6 heteroatoms. The van der Waals surface area contributed by atoms with Gasteiger partial charge in [0.05, 0.1) is 16.8 Å². The van der Waals surface area contributed by atoms with Crippen molar-refractivity contribution in [2.24, 2.45) is 11.1 Å². The van der Waals surface area contributed by atoms with Gasteiger partial charge in [-0.3, -0.25) is 4.79 Å². The first-order valence-corrected chi connectivity index (χ1v) is 9.97. The normalized spacial score (nSPS) is 19.1. The van der Waals surface area contributed by atoms with E-state index >= 15 is 0 Å². The van der Waals surface area contributed by atoms with E-state index in [1.807, 2.05) is 55.1 Å². The third kappa shape index (κ3) is 3.72. The summed E-state index contributed by atoms with van der Waals surface area (Å²) < 4.78 is 11.4. The topological polar surface area (TPSA) is 81.6 Å². The second-order valence-electron chi connectivity index (χ2n) is 8.28. The highest BCUT2D eigenvalue weighted by Gasteiger charge is 2.36. The third-order valence-corrected chi connectivity index (χ3v) is 5.97. The van der Waals surface area contributed by atoms with Crippen molar-refractivity contribution in [1.29, 1.82) is 0 Å². The number of likely N-dealkylation sites (tertiary alicyclic amines) is 1. The number of rotatable bonds is 5. The Kier molecular flexibility index (Phi) is 5.04. The number of carbonyl (C=O) groups is 1. The van der Waals surface area contributed by atoms with E-state index in [2.05, 4.69) is 12.1 Å². The van der Waals surface area contributed by atoms with Crippen molar-refractivity contribution in [3.05, 3.63) is 59.0 Å². The first-order chi connectivity index (χ1) is 13.9. The molecule has 0 spiro atoms. The number of aromatic nitrogens is 1. The van der Waals surface area contributed by atoms with Crippen LogP contribution in [0.1, 0.15) is 40.7 Å². The number of ether oxygens (including phenoxy) is 1. The summed E-state index contributed by atoms with van der Waals surface area (Å²) >= 11 is 0. The number of hydrogen-bond acceptors (Lipinski definition) is 5. The number of benzene rings is 2. The van der Waals surface area contributed by atoms with Crippen LogP contribution in [0, 0.1) is 19.3 Å². The molecule has 152 valence electrons. The Morgan fingerprint density at radius 1 is 1.28 bits per heavy atom. The fourth-order valence-electron chi connectivity index (χ4n) is 3.90. The fraction of sp³-hybridized carbons (Fsp3) is 0.391. The van der Waals surface area contributed by atoms with Gasteiger partial charge in [0.2, 0.25) is 0 Å². The molecule has 1 aliphatic heterocycles. The summed E-state index contributed by atoms with van der Waals surface area (Å²) in [6.45, 7) is 8.14. The van der Waals surface area contributed by atoms with Crippen molar-refractivity contribution in [2.75, 3.05) is 19.6 Å². The van der Waals surface area contributed by atoms with Crippen molar-refractivity contribution in [3.8, 4) is 5.75 Å². The van der Waals surface area contributed by atoms with Crippen molar-refractivity contribution in [1.82, 2.24) is 10.1 Å². The van der Waals surface area contributed by atoms with Crippen molar-refractivity contribution in [3.63, 3.8) is 0 Å². The summed E-state index contributed by atoms with van der Waals surface area (Å²) in [6.07, 6.45) is 0.915. The van der Waals surface area contributed by atoms with E-state index in [1.54, 1.807) is 0 Å². The second kappa shape index (κ2) is 7.52. The number of aryl methyl sites for hydroxylation is 2. The molecule has 2 aromatic carbocycles. The van der Waals surface area contributed by atoms with Crippen LogP contribution in [0.25, 0.3) is 10.8 Å². The Hall–Kier alpha value is -2.86. The molecule has 0 aliphatic carbocycles. The van der Waals surface area contributed by atoms with Gasteiger partial charge >= 0.3 is 0 Å². The van der Waals surface area contributed by atoms with E-state index in [9.17, 15) is 4.79 Å². The molecule has 0 saturated carbocycles. The Morgan fingerprint density at radius 2 is 2.00 bits per heavy atom. The number of fused-ring (bicyclic) bond motifs is 1. The molecular formula is C23H27N3O3. The standard InChI is InChI=1S/C23H27N3O3/c1-15-20(16(2)29-25-15)12-28-21-11-18-7-5-4-6-17(18)10-19(21)22(27)26-9-8-23(3,13-24)14-26/h4-7,10-11H,8-9,12-14,24H2,1-3H3. The average Bonchev–Trinajstić information content (AvgIpc) is 3.28. The molecule has 29 heavy (non-hydrogen) atoms. The molecule has 0 bridgehead atoms. The highest BCUT2D eigenvalue weighted by atomic mass is 16.5. The van der Waals surface area contributed by atoms with E-state index in [4.69, 9.17) is 15.0 Å². The van der Waals surface area contributed by atoms with Crippen LogP contribution in [0.15, 0.2) is 40.9 Å². The number of carbonyl (C=O) groups excluding carboxylic acids is 1. The molecule has 2 N–H and O–H groups in total. The van der Waals surface area contributed by atoms with Crippen LogP contribution in [-0.4, -0.2) is 35.6 Å². The van der Waals surface area contributed by atoms with Crippen LogP contribution >= 0.6 is 0 Å². The van der Waals surface area contributed by atoms with Gasteiger partial charge in [-0.1, -0.05) is 36.3 Å². The molecule has 0 radical (unpaired) electrons. The second-order valence-corrected chi connectivity index (χ2v) is 8.28. The SMILES string of the molecule is Cc1noc(C)c1COc1cc2ccccc2cc1C(=O)N1CCC(C)(CN)C1. The third-order valence-electron chi connectivity index (χ3n) is 5.97. The maximum Gasteiger partial charge on any atom is 0.257 e. The van der Waals surface area contributed by atoms with Crippen molar-refractivity contribution in [2.45, 2.75) is 33.8 Å². The molecule has 2 heterocycles. The van der Waals surface area contributed by atoms with E-state index in [0.29, 0.717) is 37.6 Å². The zero-order valence-electron chi connectivity index (χ0n) is 17.2. The maximum atomic E-state index is 13.4. The molecule has 3 aromatic rings. The minimum atomic E-state index is -0.0236. The van der Waals surface area contributed by atoms with E-state index in [-0.39, 0.29) is 11.3 Å². The lowest BCUT2D eigenvalue weighted by molar-refractivity contribution is 0.0772. The molecule has 6 nitrogen and oxygen atoms in total. The first kappa shape index (κ1) is 19.5. The highest BCUT2D eigenvalue weighted by molar-refractivity contribution is 6.01. The average molecular weight is 393 g/mol. The van der Waals surface area contributed by atoms with Crippen molar-refractivity contribution < 1.29 is 14.1 Å². The Bertz CT molecular complexity index is 1040. The summed E-state index contributed by atoms with van der Waals surface area (Å²) in [5.74, 6) is 1.30. The van der Waals surface area contributed by atoms with E-state index in [0.717, 1.165) is 34.2 Å². The Labute approximate surface area is 170 Å². The summed E-state index contributed by atoms with van der Waals surface area (Å²) in [7, 11) is 0. The predicted molar refractivity (Wildman–Crippen MR) is 112 cm³/mol. The Balaban J connectivity index is 1.68. The molecule has 1 atom stereocenters.